The van der Waals surface area contributed by atoms with Gasteiger partial charge in [-0.15, -0.1) is 0 Å². The molecule has 0 bridgehead atoms. The zero-order chi connectivity index (χ0) is 13.4. The highest BCUT2D eigenvalue weighted by atomic mass is 15.1. The molecule has 100 valence electrons. The minimum Gasteiger partial charge on any atom is -0.370 e. The summed E-state index contributed by atoms with van der Waals surface area (Å²) in [7, 11) is 4.17. The van der Waals surface area contributed by atoms with Gasteiger partial charge in [0.15, 0.2) is 5.96 Å². The second kappa shape index (κ2) is 8.12. The van der Waals surface area contributed by atoms with E-state index in [9.17, 15) is 0 Å². The minimum absolute atomic E-state index is 0.445. The first-order valence-corrected chi connectivity index (χ1v) is 6.17. The molecule has 0 aliphatic carbocycles. The summed E-state index contributed by atoms with van der Waals surface area (Å²) in [5.74, 6) is 1.17. The standard InChI is InChI=1S/C13H28N4/c1-10(2)7-12(17(5)6)9-16-13(14)15-8-11(3)4/h10,12H,3,7-9H2,1-2,4-6H3,(H3,14,15,16). The summed E-state index contributed by atoms with van der Waals surface area (Å²) in [4.78, 5) is 6.58. The maximum absolute atomic E-state index is 5.78. The van der Waals surface area contributed by atoms with Crippen LogP contribution in [0.4, 0.5) is 0 Å². The Balaban J connectivity index is 4.17. The predicted octanol–water partition coefficient (Wildman–Crippen LogP) is 1.44. The Hall–Kier alpha value is -1.03. The highest BCUT2D eigenvalue weighted by Crippen LogP contribution is 2.09. The maximum atomic E-state index is 5.78. The fourth-order valence-corrected chi connectivity index (χ4v) is 1.49. The lowest BCUT2D eigenvalue weighted by molar-refractivity contribution is 0.261. The van der Waals surface area contributed by atoms with Crippen molar-refractivity contribution in [1.82, 2.24) is 10.2 Å². The molecule has 0 saturated heterocycles. The van der Waals surface area contributed by atoms with Gasteiger partial charge in [0.25, 0.3) is 0 Å². The molecule has 0 aliphatic rings. The first kappa shape index (κ1) is 16.0. The number of guanidine groups is 1. The van der Waals surface area contributed by atoms with Gasteiger partial charge in [0.1, 0.15) is 0 Å². The lowest BCUT2D eigenvalue weighted by Gasteiger charge is -2.24. The second-order valence-electron chi connectivity index (χ2n) is 5.28. The molecule has 0 aliphatic heterocycles. The van der Waals surface area contributed by atoms with Crippen molar-refractivity contribution in [2.75, 3.05) is 27.2 Å². The van der Waals surface area contributed by atoms with Crippen LogP contribution < -0.4 is 11.1 Å². The van der Waals surface area contributed by atoms with Crippen molar-refractivity contribution in [1.29, 1.82) is 0 Å². The monoisotopic (exact) mass is 240 g/mol. The van der Waals surface area contributed by atoms with Crippen LogP contribution in [0.15, 0.2) is 17.1 Å². The van der Waals surface area contributed by atoms with Crippen LogP contribution in [0, 0.1) is 5.92 Å². The first-order valence-electron chi connectivity index (χ1n) is 6.17. The zero-order valence-electron chi connectivity index (χ0n) is 12.0. The molecule has 0 aromatic carbocycles. The molecule has 0 aromatic heterocycles. The molecule has 4 nitrogen and oxygen atoms in total. The third kappa shape index (κ3) is 8.74. The molecule has 0 radical (unpaired) electrons. The number of nitrogens with two attached hydrogens (primary N) is 1. The Kier molecular flexibility index (Phi) is 7.63. The van der Waals surface area contributed by atoms with Crippen molar-refractivity contribution in [3.8, 4) is 0 Å². The predicted molar refractivity (Wildman–Crippen MR) is 76.2 cm³/mol. The molecular formula is C13H28N4. The van der Waals surface area contributed by atoms with E-state index in [0.29, 0.717) is 24.5 Å². The van der Waals surface area contributed by atoms with Gasteiger partial charge in [0, 0.05) is 12.6 Å². The summed E-state index contributed by atoms with van der Waals surface area (Å²) in [5.41, 5.74) is 6.83. The molecule has 1 atom stereocenters. The van der Waals surface area contributed by atoms with Gasteiger partial charge in [-0.1, -0.05) is 26.0 Å². The van der Waals surface area contributed by atoms with E-state index in [0.717, 1.165) is 18.5 Å². The number of nitrogens with zero attached hydrogens (tertiary/aromatic N) is 2. The number of hydrogen-bond donors (Lipinski definition) is 2. The lowest BCUT2D eigenvalue weighted by atomic mass is 10.0. The third-order valence-electron chi connectivity index (χ3n) is 2.52. The van der Waals surface area contributed by atoms with E-state index in [2.05, 4.69) is 49.7 Å². The van der Waals surface area contributed by atoms with Crippen molar-refractivity contribution in [2.45, 2.75) is 33.2 Å². The summed E-state index contributed by atoms with van der Waals surface area (Å²) in [6.07, 6.45) is 1.13. The van der Waals surface area contributed by atoms with Gasteiger partial charge in [-0.3, -0.25) is 4.99 Å². The van der Waals surface area contributed by atoms with Crippen LogP contribution in [0.25, 0.3) is 0 Å². The number of hydrogen-bond acceptors (Lipinski definition) is 2. The van der Waals surface area contributed by atoms with E-state index in [4.69, 9.17) is 5.73 Å². The van der Waals surface area contributed by atoms with Crippen LogP contribution in [0.1, 0.15) is 27.2 Å². The first-order chi connectivity index (χ1) is 7.82. The normalized spacial score (nSPS) is 14.2. The van der Waals surface area contributed by atoms with Gasteiger partial charge in [-0.25, -0.2) is 0 Å². The Labute approximate surface area is 106 Å². The van der Waals surface area contributed by atoms with Crippen LogP contribution in [0.3, 0.4) is 0 Å². The maximum Gasteiger partial charge on any atom is 0.188 e. The molecule has 0 amide bonds. The molecule has 0 aromatic rings. The molecule has 17 heavy (non-hydrogen) atoms. The van der Waals surface area contributed by atoms with Crippen molar-refractivity contribution in [3.63, 3.8) is 0 Å². The number of nitrogens with one attached hydrogen (secondary N) is 1. The summed E-state index contributed by atoms with van der Waals surface area (Å²) in [5, 5.41) is 3.04. The fourth-order valence-electron chi connectivity index (χ4n) is 1.49. The summed E-state index contributed by atoms with van der Waals surface area (Å²) >= 11 is 0. The topological polar surface area (TPSA) is 53.6 Å². The van der Waals surface area contributed by atoms with Crippen molar-refractivity contribution in [3.05, 3.63) is 12.2 Å². The van der Waals surface area contributed by atoms with Crippen LogP contribution in [-0.2, 0) is 0 Å². The third-order valence-corrected chi connectivity index (χ3v) is 2.52. The van der Waals surface area contributed by atoms with Gasteiger partial charge >= 0.3 is 0 Å². The summed E-state index contributed by atoms with van der Waals surface area (Å²) < 4.78 is 0. The zero-order valence-corrected chi connectivity index (χ0v) is 12.0. The fraction of sp³-hybridized carbons (Fsp3) is 0.769. The van der Waals surface area contributed by atoms with Gasteiger partial charge in [0.05, 0.1) is 6.54 Å². The number of likely N-dealkylation sites (N-methyl/N-ethyl adjacent to an activating group) is 1. The lowest BCUT2D eigenvalue weighted by Crippen LogP contribution is -2.36. The quantitative estimate of drug-likeness (QED) is 0.402. The average molecular weight is 240 g/mol. The van der Waals surface area contributed by atoms with Gasteiger partial charge in [-0.2, -0.15) is 0 Å². The average Bonchev–Trinajstić information content (AvgIpc) is 2.20. The van der Waals surface area contributed by atoms with Crippen LogP contribution in [0.2, 0.25) is 0 Å². The van der Waals surface area contributed by atoms with Gasteiger partial charge in [0.2, 0.25) is 0 Å². The van der Waals surface area contributed by atoms with Crippen LogP contribution >= 0.6 is 0 Å². The van der Waals surface area contributed by atoms with Crippen molar-refractivity contribution >= 4 is 5.96 Å². The second-order valence-corrected chi connectivity index (χ2v) is 5.28. The van der Waals surface area contributed by atoms with Crippen molar-refractivity contribution < 1.29 is 0 Å². The largest absolute Gasteiger partial charge is 0.370 e. The summed E-state index contributed by atoms with van der Waals surface area (Å²) in [6, 6.07) is 0.445. The van der Waals surface area contributed by atoms with E-state index in [-0.39, 0.29) is 0 Å². The summed E-state index contributed by atoms with van der Waals surface area (Å²) in [6.45, 7) is 11.6. The minimum atomic E-state index is 0.445. The van der Waals surface area contributed by atoms with Crippen molar-refractivity contribution in [2.24, 2.45) is 16.6 Å². The highest BCUT2D eigenvalue weighted by Gasteiger charge is 2.12. The van der Waals surface area contributed by atoms with E-state index >= 15 is 0 Å². The molecule has 0 rings (SSSR count). The Bertz CT molecular complexity index is 256. The van der Waals surface area contributed by atoms with E-state index < -0.39 is 0 Å². The Morgan fingerprint density at radius 3 is 2.41 bits per heavy atom. The SMILES string of the molecule is C=C(C)CNC(N)=NCC(CC(C)C)N(C)C. The van der Waals surface area contributed by atoms with Gasteiger partial charge in [-0.05, 0) is 33.4 Å². The molecule has 0 saturated carbocycles. The highest BCUT2D eigenvalue weighted by molar-refractivity contribution is 5.78. The molecule has 0 spiro atoms. The smallest absolute Gasteiger partial charge is 0.188 e. The van der Waals surface area contributed by atoms with E-state index in [1.807, 2.05) is 6.92 Å². The Morgan fingerprint density at radius 1 is 1.41 bits per heavy atom. The molecule has 4 heteroatoms. The molecule has 3 N–H and O–H groups in total. The molecule has 0 heterocycles. The van der Waals surface area contributed by atoms with Gasteiger partial charge < -0.3 is 16.0 Å². The van der Waals surface area contributed by atoms with E-state index in [1.54, 1.807) is 0 Å². The van der Waals surface area contributed by atoms with Crippen LogP contribution in [0.5, 0.6) is 0 Å². The number of aliphatic imine (C=N–C) groups is 1. The van der Waals surface area contributed by atoms with Crippen LogP contribution in [-0.4, -0.2) is 44.1 Å². The molecule has 0 fully saturated rings. The molecular weight excluding hydrogens is 212 g/mol. The Morgan fingerprint density at radius 2 is 2.00 bits per heavy atom. The number of rotatable bonds is 7. The molecule has 1 unspecified atom stereocenters. The van der Waals surface area contributed by atoms with E-state index in [1.165, 1.54) is 0 Å².